The number of ether oxygens (including phenoxy) is 1. The second-order valence-corrected chi connectivity index (χ2v) is 9.60. The van der Waals surface area contributed by atoms with E-state index in [2.05, 4.69) is 24.1 Å². The minimum absolute atomic E-state index is 0.0380. The van der Waals surface area contributed by atoms with Gasteiger partial charge in [0, 0.05) is 42.5 Å². The van der Waals surface area contributed by atoms with Crippen LogP contribution in [0.15, 0.2) is 24.3 Å². The molecule has 2 saturated heterocycles. The molecule has 0 radical (unpaired) electrons. The Morgan fingerprint density at radius 1 is 1.07 bits per heavy atom. The number of sulfonamides is 1. The van der Waals surface area contributed by atoms with Crippen molar-refractivity contribution in [2.45, 2.75) is 38.8 Å². The zero-order valence-corrected chi connectivity index (χ0v) is 17.0. The Kier molecular flexibility index (Phi) is 6.08. The summed E-state index contributed by atoms with van der Waals surface area (Å²) in [7, 11) is -3.17. The number of nitrogens with zero attached hydrogens (tertiary/aromatic N) is 2. The predicted molar refractivity (Wildman–Crippen MR) is 106 cm³/mol. The quantitative estimate of drug-likeness (QED) is 0.843. The lowest BCUT2D eigenvalue weighted by molar-refractivity contribution is -0.120. The van der Waals surface area contributed by atoms with Crippen LogP contribution in [0.25, 0.3) is 0 Å². The summed E-state index contributed by atoms with van der Waals surface area (Å²) >= 11 is 0. The highest BCUT2D eigenvalue weighted by Crippen LogP contribution is 2.26. The highest BCUT2D eigenvalue weighted by molar-refractivity contribution is 7.88. The molecule has 1 amide bonds. The van der Waals surface area contributed by atoms with Gasteiger partial charge >= 0.3 is 0 Å². The number of piperidine rings is 1. The van der Waals surface area contributed by atoms with E-state index in [0.29, 0.717) is 38.0 Å². The SMILES string of the molecule is CC1COCC(C)N1c1ccc(NC(=O)C2CCN(S(C)(=O)=O)CC2)cc1. The second-order valence-electron chi connectivity index (χ2n) is 7.62. The van der Waals surface area contributed by atoms with Gasteiger partial charge in [-0.2, -0.15) is 0 Å². The van der Waals surface area contributed by atoms with Crippen LogP contribution in [-0.2, 0) is 19.6 Å². The molecular formula is C19H29N3O4S. The molecule has 8 heteroatoms. The van der Waals surface area contributed by atoms with Crippen molar-refractivity contribution in [3.05, 3.63) is 24.3 Å². The van der Waals surface area contributed by atoms with Crippen molar-refractivity contribution < 1.29 is 17.9 Å². The van der Waals surface area contributed by atoms with E-state index in [0.717, 1.165) is 24.6 Å². The number of carbonyl (C=O) groups is 1. The summed E-state index contributed by atoms with van der Waals surface area (Å²) in [4.78, 5) is 14.9. The Labute approximate surface area is 161 Å². The van der Waals surface area contributed by atoms with Gasteiger partial charge in [-0.15, -0.1) is 0 Å². The van der Waals surface area contributed by atoms with Gasteiger partial charge in [0.1, 0.15) is 0 Å². The van der Waals surface area contributed by atoms with Gasteiger partial charge in [-0.05, 0) is 51.0 Å². The molecule has 27 heavy (non-hydrogen) atoms. The summed E-state index contributed by atoms with van der Waals surface area (Å²) in [5, 5.41) is 2.97. The minimum atomic E-state index is -3.17. The molecule has 2 unspecified atom stereocenters. The first kappa shape index (κ1) is 20.1. The molecule has 2 aliphatic rings. The summed E-state index contributed by atoms with van der Waals surface area (Å²) in [6.45, 7) is 6.54. The summed E-state index contributed by atoms with van der Waals surface area (Å²) in [5.41, 5.74) is 1.89. The molecule has 3 rings (SSSR count). The fraction of sp³-hybridized carbons (Fsp3) is 0.632. The van der Waals surface area contributed by atoms with Gasteiger partial charge in [0.15, 0.2) is 0 Å². The van der Waals surface area contributed by atoms with Gasteiger partial charge in [0.05, 0.1) is 19.5 Å². The molecule has 1 aromatic rings. The van der Waals surface area contributed by atoms with Crippen LogP contribution in [0, 0.1) is 5.92 Å². The van der Waals surface area contributed by atoms with Crippen LogP contribution >= 0.6 is 0 Å². The number of morpholine rings is 1. The first-order valence-corrected chi connectivity index (χ1v) is 11.3. The third-order valence-electron chi connectivity index (χ3n) is 5.39. The second kappa shape index (κ2) is 8.16. The van der Waals surface area contributed by atoms with Crippen molar-refractivity contribution in [3.8, 4) is 0 Å². The maximum Gasteiger partial charge on any atom is 0.227 e. The van der Waals surface area contributed by atoms with Crippen LogP contribution in [0.5, 0.6) is 0 Å². The zero-order chi connectivity index (χ0) is 19.6. The van der Waals surface area contributed by atoms with Gasteiger partial charge in [-0.25, -0.2) is 12.7 Å². The molecule has 0 aromatic heterocycles. The maximum atomic E-state index is 12.5. The number of hydrogen-bond acceptors (Lipinski definition) is 5. The Balaban J connectivity index is 1.58. The molecule has 150 valence electrons. The first-order valence-electron chi connectivity index (χ1n) is 9.48. The van der Waals surface area contributed by atoms with Crippen molar-refractivity contribution >= 4 is 27.3 Å². The molecule has 2 heterocycles. The van der Waals surface area contributed by atoms with E-state index in [1.807, 2.05) is 24.3 Å². The lowest BCUT2D eigenvalue weighted by atomic mass is 9.97. The van der Waals surface area contributed by atoms with E-state index in [-0.39, 0.29) is 11.8 Å². The van der Waals surface area contributed by atoms with Crippen molar-refractivity contribution in [1.29, 1.82) is 0 Å². The number of rotatable bonds is 4. The Hall–Kier alpha value is -1.64. The lowest BCUT2D eigenvalue weighted by Crippen LogP contribution is -2.49. The number of anilines is 2. The van der Waals surface area contributed by atoms with Gasteiger partial charge in [-0.1, -0.05) is 0 Å². The predicted octanol–water partition coefficient (Wildman–Crippen LogP) is 1.91. The van der Waals surface area contributed by atoms with E-state index in [1.165, 1.54) is 10.6 Å². The number of hydrogen-bond donors (Lipinski definition) is 1. The van der Waals surface area contributed by atoms with Crippen LogP contribution in [0.4, 0.5) is 11.4 Å². The smallest absolute Gasteiger partial charge is 0.227 e. The van der Waals surface area contributed by atoms with Gasteiger partial charge in [0.25, 0.3) is 0 Å². The molecule has 0 bridgehead atoms. The number of benzene rings is 1. The third-order valence-corrected chi connectivity index (χ3v) is 6.70. The van der Waals surface area contributed by atoms with E-state index < -0.39 is 10.0 Å². The summed E-state index contributed by atoms with van der Waals surface area (Å²) in [6, 6.07) is 8.53. The summed E-state index contributed by atoms with van der Waals surface area (Å²) in [5.74, 6) is -0.189. The Morgan fingerprint density at radius 2 is 1.63 bits per heavy atom. The molecule has 2 aliphatic heterocycles. The average Bonchev–Trinajstić information content (AvgIpc) is 2.62. The van der Waals surface area contributed by atoms with Crippen molar-refractivity contribution in [2.75, 3.05) is 42.8 Å². The molecule has 0 saturated carbocycles. The fourth-order valence-corrected chi connectivity index (χ4v) is 4.80. The minimum Gasteiger partial charge on any atom is -0.377 e. The molecular weight excluding hydrogens is 366 g/mol. The van der Waals surface area contributed by atoms with Crippen LogP contribution in [-0.4, -0.2) is 63.3 Å². The molecule has 2 atom stereocenters. The molecule has 0 spiro atoms. The molecule has 0 aliphatic carbocycles. The number of amides is 1. The summed E-state index contributed by atoms with van der Waals surface area (Å²) < 4.78 is 30.2. The van der Waals surface area contributed by atoms with Gasteiger partial charge < -0.3 is 15.0 Å². The van der Waals surface area contributed by atoms with Gasteiger partial charge in [0.2, 0.25) is 15.9 Å². The van der Waals surface area contributed by atoms with Crippen LogP contribution in [0.3, 0.4) is 0 Å². The van der Waals surface area contributed by atoms with Crippen LogP contribution in [0.2, 0.25) is 0 Å². The molecule has 2 fully saturated rings. The van der Waals surface area contributed by atoms with Crippen molar-refractivity contribution in [3.63, 3.8) is 0 Å². The standard InChI is InChI=1S/C19H29N3O4S/c1-14-12-26-13-15(2)22(14)18-6-4-17(5-7-18)20-19(23)16-8-10-21(11-9-16)27(3,24)25/h4-7,14-16H,8-13H2,1-3H3,(H,20,23). The summed E-state index contributed by atoms with van der Waals surface area (Å²) in [6.07, 6.45) is 2.32. The third kappa shape index (κ3) is 4.80. The van der Waals surface area contributed by atoms with E-state index in [4.69, 9.17) is 4.74 Å². The molecule has 7 nitrogen and oxygen atoms in total. The number of carbonyl (C=O) groups excluding carboxylic acids is 1. The van der Waals surface area contributed by atoms with E-state index >= 15 is 0 Å². The van der Waals surface area contributed by atoms with Crippen LogP contribution in [0.1, 0.15) is 26.7 Å². The maximum absolute atomic E-state index is 12.5. The Morgan fingerprint density at radius 3 is 2.15 bits per heavy atom. The number of nitrogens with one attached hydrogen (secondary N) is 1. The average molecular weight is 396 g/mol. The topological polar surface area (TPSA) is 79.0 Å². The molecule has 1 aromatic carbocycles. The van der Waals surface area contributed by atoms with Crippen molar-refractivity contribution in [2.24, 2.45) is 5.92 Å². The normalized spacial score (nSPS) is 25.4. The fourth-order valence-electron chi connectivity index (χ4n) is 3.92. The first-order chi connectivity index (χ1) is 12.8. The zero-order valence-electron chi connectivity index (χ0n) is 16.2. The van der Waals surface area contributed by atoms with E-state index in [1.54, 1.807) is 0 Å². The lowest BCUT2D eigenvalue weighted by Gasteiger charge is -2.40. The van der Waals surface area contributed by atoms with E-state index in [9.17, 15) is 13.2 Å². The highest BCUT2D eigenvalue weighted by Gasteiger charge is 2.29. The monoisotopic (exact) mass is 395 g/mol. The highest BCUT2D eigenvalue weighted by atomic mass is 32.2. The van der Waals surface area contributed by atoms with Crippen molar-refractivity contribution in [1.82, 2.24) is 4.31 Å². The van der Waals surface area contributed by atoms with Crippen LogP contribution < -0.4 is 10.2 Å². The Bertz CT molecular complexity index is 748. The molecule has 1 N–H and O–H groups in total. The van der Waals surface area contributed by atoms with Gasteiger partial charge in [-0.3, -0.25) is 4.79 Å². The largest absolute Gasteiger partial charge is 0.377 e.